The van der Waals surface area contributed by atoms with Gasteiger partial charge in [-0.3, -0.25) is 9.59 Å². The van der Waals surface area contributed by atoms with E-state index in [9.17, 15) is 14.0 Å². The van der Waals surface area contributed by atoms with Gasteiger partial charge >= 0.3 is 0 Å². The molecule has 0 aromatic heterocycles. The predicted octanol–water partition coefficient (Wildman–Crippen LogP) is 2.05. The van der Waals surface area contributed by atoms with Crippen LogP contribution in [0.25, 0.3) is 0 Å². The van der Waals surface area contributed by atoms with Crippen molar-refractivity contribution in [3.8, 4) is 5.75 Å². The summed E-state index contributed by atoms with van der Waals surface area (Å²) in [7, 11) is 3.12. The molecular formula is C17H23FN2O3. The zero-order valence-corrected chi connectivity index (χ0v) is 13.8. The molecule has 1 saturated heterocycles. The topological polar surface area (TPSA) is 49.9 Å². The highest BCUT2D eigenvalue weighted by Crippen LogP contribution is 2.21. The average Bonchev–Trinajstić information content (AvgIpc) is 2.54. The van der Waals surface area contributed by atoms with Crippen LogP contribution in [0.4, 0.5) is 4.39 Å². The molecule has 126 valence electrons. The summed E-state index contributed by atoms with van der Waals surface area (Å²) in [5.74, 6) is -0.436. The van der Waals surface area contributed by atoms with Crippen LogP contribution in [0.5, 0.6) is 5.75 Å². The number of benzene rings is 1. The molecule has 2 rings (SSSR count). The minimum atomic E-state index is -0.439. The van der Waals surface area contributed by atoms with Crippen molar-refractivity contribution < 1.29 is 18.7 Å². The summed E-state index contributed by atoms with van der Waals surface area (Å²) in [6.07, 6.45) is 1.62. The number of hydrogen-bond acceptors (Lipinski definition) is 3. The second-order valence-electron chi connectivity index (χ2n) is 5.97. The predicted molar refractivity (Wildman–Crippen MR) is 84.4 cm³/mol. The molecule has 1 aromatic rings. The van der Waals surface area contributed by atoms with Crippen molar-refractivity contribution in [2.24, 2.45) is 5.92 Å². The zero-order chi connectivity index (χ0) is 17.0. The Morgan fingerprint density at radius 1 is 1.43 bits per heavy atom. The third kappa shape index (κ3) is 4.21. The van der Waals surface area contributed by atoms with Gasteiger partial charge in [-0.15, -0.1) is 0 Å². The van der Waals surface area contributed by atoms with Crippen molar-refractivity contribution in [1.82, 2.24) is 9.80 Å². The minimum absolute atomic E-state index is 0.00220. The first-order chi connectivity index (χ1) is 10.9. The maximum atomic E-state index is 13.7. The van der Waals surface area contributed by atoms with Crippen LogP contribution in [-0.4, -0.2) is 48.9 Å². The van der Waals surface area contributed by atoms with Crippen LogP contribution in [0.2, 0.25) is 0 Å². The number of carbonyl (C=O) groups excluding carboxylic acids is 2. The number of amides is 2. The quantitative estimate of drug-likeness (QED) is 0.852. The van der Waals surface area contributed by atoms with Crippen LogP contribution in [0, 0.1) is 11.7 Å². The number of piperidine rings is 1. The van der Waals surface area contributed by atoms with Gasteiger partial charge in [-0.2, -0.15) is 0 Å². The fourth-order valence-electron chi connectivity index (χ4n) is 2.94. The molecule has 0 spiro atoms. The lowest BCUT2D eigenvalue weighted by Crippen LogP contribution is -2.45. The van der Waals surface area contributed by atoms with Gasteiger partial charge in [-0.05, 0) is 30.5 Å². The van der Waals surface area contributed by atoms with E-state index in [1.165, 1.54) is 20.1 Å². The molecule has 0 bridgehead atoms. The molecule has 0 saturated carbocycles. The molecule has 0 N–H and O–H groups in total. The zero-order valence-electron chi connectivity index (χ0n) is 13.8. The Bertz CT molecular complexity index is 591. The number of nitrogens with zero attached hydrogens (tertiary/aromatic N) is 2. The van der Waals surface area contributed by atoms with Gasteiger partial charge in [0.05, 0.1) is 13.0 Å². The summed E-state index contributed by atoms with van der Waals surface area (Å²) < 4.78 is 18.6. The van der Waals surface area contributed by atoms with E-state index < -0.39 is 5.82 Å². The summed E-state index contributed by atoms with van der Waals surface area (Å²) in [5, 5.41) is 0. The van der Waals surface area contributed by atoms with Gasteiger partial charge in [0.1, 0.15) is 0 Å². The molecule has 1 atom stereocenters. The van der Waals surface area contributed by atoms with E-state index in [1.807, 2.05) is 0 Å². The molecule has 0 unspecified atom stereocenters. The van der Waals surface area contributed by atoms with Crippen molar-refractivity contribution in [1.29, 1.82) is 0 Å². The Kier molecular flexibility index (Phi) is 5.58. The van der Waals surface area contributed by atoms with E-state index in [0.29, 0.717) is 25.2 Å². The second kappa shape index (κ2) is 7.44. The number of hydrogen-bond donors (Lipinski definition) is 0. The van der Waals surface area contributed by atoms with Gasteiger partial charge in [0.25, 0.3) is 0 Å². The Labute approximate surface area is 136 Å². The summed E-state index contributed by atoms with van der Waals surface area (Å²) in [6, 6.07) is 4.68. The van der Waals surface area contributed by atoms with Crippen molar-refractivity contribution in [2.45, 2.75) is 26.3 Å². The first-order valence-electron chi connectivity index (χ1n) is 7.75. The Hall–Kier alpha value is -2.11. The normalized spacial score (nSPS) is 17.7. The lowest BCUT2D eigenvalue weighted by molar-refractivity contribution is -0.139. The summed E-state index contributed by atoms with van der Waals surface area (Å²) in [6.45, 7) is 3.04. The molecule has 1 aromatic carbocycles. The molecule has 0 radical (unpaired) electrons. The van der Waals surface area contributed by atoms with E-state index in [0.717, 1.165) is 12.8 Å². The number of rotatable bonds is 4. The van der Waals surface area contributed by atoms with Crippen LogP contribution < -0.4 is 4.74 Å². The van der Waals surface area contributed by atoms with Gasteiger partial charge in [0.2, 0.25) is 11.8 Å². The van der Waals surface area contributed by atoms with Gasteiger partial charge in [-0.1, -0.05) is 6.07 Å². The number of methoxy groups -OCH3 is 1. The fourth-order valence-corrected chi connectivity index (χ4v) is 2.94. The van der Waals surface area contributed by atoms with E-state index in [4.69, 9.17) is 4.74 Å². The van der Waals surface area contributed by atoms with Gasteiger partial charge in [0, 0.05) is 33.6 Å². The fraction of sp³-hybridized carbons (Fsp3) is 0.529. The highest BCUT2D eigenvalue weighted by atomic mass is 19.1. The molecule has 1 aliphatic rings. The van der Waals surface area contributed by atoms with Crippen LogP contribution in [0.15, 0.2) is 18.2 Å². The van der Waals surface area contributed by atoms with E-state index in [2.05, 4.69) is 0 Å². The van der Waals surface area contributed by atoms with E-state index in [1.54, 1.807) is 29.0 Å². The standard InChI is InChI=1S/C17H23FN2O3/c1-12(21)20-8-4-5-14(11-20)17(22)19(2)10-13-6-7-16(23-3)15(18)9-13/h6-7,9,14H,4-5,8,10-11H2,1-3H3/t14-/m1/s1. The molecule has 0 aliphatic carbocycles. The SMILES string of the molecule is COc1ccc(CN(C)C(=O)[C@@H]2CCCN(C(C)=O)C2)cc1F. The molecule has 1 fully saturated rings. The minimum Gasteiger partial charge on any atom is -0.494 e. The monoisotopic (exact) mass is 322 g/mol. The molecule has 23 heavy (non-hydrogen) atoms. The lowest BCUT2D eigenvalue weighted by atomic mass is 9.96. The van der Waals surface area contributed by atoms with Crippen molar-refractivity contribution in [3.63, 3.8) is 0 Å². The number of likely N-dealkylation sites (tertiary alicyclic amines) is 1. The lowest BCUT2D eigenvalue weighted by Gasteiger charge is -2.33. The molecular weight excluding hydrogens is 299 g/mol. The second-order valence-corrected chi connectivity index (χ2v) is 5.97. The first-order valence-corrected chi connectivity index (χ1v) is 7.75. The van der Waals surface area contributed by atoms with Crippen LogP contribution >= 0.6 is 0 Å². The number of carbonyl (C=O) groups is 2. The van der Waals surface area contributed by atoms with Gasteiger partial charge in [-0.25, -0.2) is 4.39 Å². The maximum Gasteiger partial charge on any atom is 0.227 e. The Balaban J connectivity index is 1.99. The molecule has 1 aliphatic heterocycles. The van der Waals surface area contributed by atoms with Gasteiger partial charge in [0.15, 0.2) is 11.6 Å². The molecule has 1 heterocycles. The van der Waals surface area contributed by atoms with Crippen LogP contribution in [0.1, 0.15) is 25.3 Å². The molecule has 2 amide bonds. The number of halogens is 1. The third-order valence-electron chi connectivity index (χ3n) is 4.23. The Morgan fingerprint density at radius 3 is 2.78 bits per heavy atom. The summed E-state index contributed by atoms with van der Waals surface area (Å²) in [4.78, 5) is 27.3. The molecule has 5 nitrogen and oxygen atoms in total. The van der Waals surface area contributed by atoms with Crippen molar-refractivity contribution in [3.05, 3.63) is 29.6 Å². The highest BCUT2D eigenvalue weighted by molar-refractivity contribution is 5.80. The summed E-state index contributed by atoms with van der Waals surface area (Å²) in [5.41, 5.74) is 0.707. The Morgan fingerprint density at radius 2 is 2.17 bits per heavy atom. The van der Waals surface area contributed by atoms with E-state index in [-0.39, 0.29) is 23.5 Å². The highest BCUT2D eigenvalue weighted by Gasteiger charge is 2.29. The molecule has 6 heteroatoms. The van der Waals surface area contributed by atoms with Crippen molar-refractivity contribution in [2.75, 3.05) is 27.2 Å². The maximum absolute atomic E-state index is 13.7. The van der Waals surface area contributed by atoms with Crippen LogP contribution in [-0.2, 0) is 16.1 Å². The largest absolute Gasteiger partial charge is 0.494 e. The van der Waals surface area contributed by atoms with Gasteiger partial charge < -0.3 is 14.5 Å². The first kappa shape index (κ1) is 17.2. The smallest absolute Gasteiger partial charge is 0.227 e. The van der Waals surface area contributed by atoms with E-state index >= 15 is 0 Å². The third-order valence-corrected chi connectivity index (χ3v) is 4.23. The van der Waals surface area contributed by atoms with Crippen LogP contribution in [0.3, 0.4) is 0 Å². The number of ether oxygens (including phenoxy) is 1. The average molecular weight is 322 g/mol. The van der Waals surface area contributed by atoms with Crippen molar-refractivity contribution >= 4 is 11.8 Å². The summed E-state index contributed by atoms with van der Waals surface area (Å²) >= 11 is 0.